The van der Waals surface area contributed by atoms with Crippen molar-refractivity contribution in [1.29, 1.82) is 0 Å². The van der Waals surface area contributed by atoms with E-state index in [4.69, 9.17) is 16.3 Å². The van der Waals surface area contributed by atoms with Crippen molar-refractivity contribution in [3.63, 3.8) is 0 Å². The highest BCUT2D eigenvalue weighted by molar-refractivity contribution is 6.30. The van der Waals surface area contributed by atoms with Gasteiger partial charge in [0.1, 0.15) is 12.2 Å². The van der Waals surface area contributed by atoms with Crippen LogP contribution in [0.4, 0.5) is 0 Å². The number of hydrogen-bond donors (Lipinski definition) is 2. The van der Waals surface area contributed by atoms with E-state index in [-0.39, 0.29) is 0 Å². The number of nitrogens with one attached hydrogen (secondary N) is 1. The van der Waals surface area contributed by atoms with Crippen molar-refractivity contribution in [1.82, 2.24) is 20.1 Å². The number of hydrogen-bond acceptors (Lipinski definition) is 5. The van der Waals surface area contributed by atoms with Gasteiger partial charge in [0, 0.05) is 24.0 Å². The number of rotatable bonds is 7. The summed E-state index contributed by atoms with van der Waals surface area (Å²) in [5.74, 6) is 1.04. The molecule has 124 valence electrons. The fraction of sp³-hybridized carbons (Fsp3) is 0.500. The molecule has 1 aromatic heterocycles. The van der Waals surface area contributed by atoms with Crippen LogP contribution in [0.2, 0.25) is 5.02 Å². The summed E-state index contributed by atoms with van der Waals surface area (Å²) in [6.07, 6.45) is 2.99. The Balaban J connectivity index is 1.34. The van der Waals surface area contributed by atoms with Gasteiger partial charge in [-0.05, 0) is 24.1 Å². The third-order valence-corrected chi connectivity index (χ3v) is 4.19. The molecular formula is C16H21ClN4O2. The first-order chi connectivity index (χ1) is 11.2. The lowest BCUT2D eigenvalue weighted by Crippen LogP contribution is -2.42. The molecule has 0 amide bonds. The second kappa shape index (κ2) is 7.88. The fourth-order valence-electron chi connectivity index (χ4n) is 2.66. The second-order valence-electron chi connectivity index (χ2n) is 5.80. The van der Waals surface area contributed by atoms with Gasteiger partial charge in [0.2, 0.25) is 0 Å². The van der Waals surface area contributed by atoms with E-state index in [0.717, 1.165) is 30.8 Å². The number of benzene rings is 1. The minimum atomic E-state index is -0.528. The lowest BCUT2D eigenvalue weighted by atomic mass is 10.1. The van der Waals surface area contributed by atoms with Crippen LogP contribution in [0.5, 0.6) is 0 Å². The molecule has 1 aromatic carbocycles. The molecule has 0 saturated heterocycles. The molecule has 0 radical (unpaired) electrons. The average Bonchev–Trinajstić information content (AvgIpc) is 3.02. The fourth-order valence-corrected chi connectivity index (χ4v) is 2.79. The molecular weight excluding hydrogens is 316 g/mol. The summed E-state index contributed by atoms with van der Waals surface area (Å²) in [5.41, 5.74) is 1.04. The van der Waals surface area contributed by atoms with Gasteiger partial charge in [-0.15, -0.1) is 0 Å². The van der Waals surface area contributed by atoms with Gasteiger partial charge in [0.05, 0.1) is 25.9 Å². The van der Waals surface area contributed by atoms with Gasteiger partial charge in [-0.2, -0.15) is 5.10 Å². The maximum Gasteiger partial charge on any atom is 0.138 e. The van der Waals surface area contributed by atoms with Crippen molar-refractivity contribution in [3.05, 3.63) is 47.0 Å². The third kappa shape index (κ3) is 4.75. The van der Waals surface area contributed by atoms with E-state index in [0.29, 0.717) is 30.8 Å². The molecule has 1 aliphatic rings. The van der Waals surface area contributed by atoms with Gasteiger partial charge in [-0.1, -0.05) is 23.7 Å². The van der Waals surface area contributed by atoms with Crippen LogP contribution in [0.15, 0.2) is 30.6 Å². The number of aryl methyl sites for hydroxylation is 1. The molecule has 3 rings (SSSR count). The zero-order valence-corrected chi connectivity index (χ0v) is 13.6. The monoisotopic (exact) mass is 336 g/mol. The van der Waals surface area contributed by atoms with Gasteiger partial charge < -0.3 is 15.2 Å². The highest BCUT2D eigenvalue weighted by Crippen LogP contribution is 2.12. The van der Waals surface area contributed by atoms with Crippen LogP contribution in [0.3, 0.4) is 0 Å². The Morgan fingerprint density at radius 2 is 2.22 bits per heavy atom. The molecule has 0 saturated carbocycles. The van der Waals surface area contributed by atoms with Gasteiger partial charge >= 0.3 is 0 Å². The number of aliphatic hydroxyl groups excluding tert-OH is 1. The molecule has 2 aromatic rings. The van der Waals surface area contributed by atoms with Crippen LogP contribution in [-0.2, 0) is 24.3 Å². The number of fused-ring (bicyclic) bond motifs is 1. The lowest BCUT2D eigenvalue weighted by Gasteiger charge is -2.24. The molecule has 2 N–H and O–H groups in total. The Morgan fingerprint density at radius 3 is 3.04 bits per heavy atom. The van der Waals surface area contributed by atoms with Crippen molar-refractivity contribution in [2.24, 2.45) is 0 Å². The van der Waals surface area contributed by atoms with E-state index < -0.39 is 6.10 Å². The second-order valence-corrected chi connectivity index (χ2v) is 6.23. The van der Waals surface area contributed by atoms with E-state index >= 15 is 0 Å². The Hall–Kier alpha value is -1.47. The normalized spacial score (nSPS) is 18.6. The van der Waals surface area contributed by atoms with Crippen LogP contribution in [0.1, 0.15) is 17.8 Å². The summed E-state index contributed by atoms with van der Waals surface area (Å²) in [7, 11) is 0. The molecule has 0 fully saturated rings. The van der Waals surface area contributed by atoms with Crippen molar-refractivity contribution in [2.75, 3.05) is 13.2 Å². The van der Waals surface area contributed by atoms with Gasteiger partial charge in [-0.3, -0.25) is 0 Å². The van der Waals surface area contributed by atoms with Crippen molar-refractivity contribution in [3.8, 4) is 0 Å². The molecule has 2 heterocycles. The number of nitrogens with zero attached hydrogens (tertiary/aromatic N) is 3. The van der Waals surface area contributed by atoms with E-state index in [9.17, 15) is 5.11 Å². The first kappa shape index (κ1) is 16.4. The topological polar surface area (TPSA) is 72.2 Å². The number of aromatic nitrogens is 3. The zero-order valence-electron chi connectivity index (χ0n) is 12.9. The summed E-state index contributed by atoms with van der Waals surface area (Å²) in [6.45, 7) is 2.08. The largest absolute Gasteiger partial charge is 0.389 e. The SMILES string of the molecule is O[C@@H](CN[C@H]1CCc2ncnn2C1)COCc1ccc(Cl)cc1. The molecule has 2 atom stereocenters. The van der Waals surface area contributed by atoms with Crippen LogP contribution < -0.4 is 5.32 Å². The Bertz CT molecular complexity index is 617. The summed E-state index contributed by atoms with van der Waals surface area (Å²) in [6, 6.07) is 7.82. The van der Waals surface area contributed by atoms with E-state index in [1.54, 1.807) is 6.33 Å². The highest BCUT2D eigenvalue weighted by Gasteiger charge is 2.20. The Kier molecular flexibility index (Phi) is 5.61. The molecule has 0 spiro atoms. The standard InChI is InChI=1S/C16H21ClN4O2/c17-13-3-1-12(2-4-13)9-23-10-15(22)7-18-14-5-6-16-19-11-20-21(16)8-14/h1-4,11,14-15,18,22H,5-10H2/t14-,15-/m0/s1. The molecule has 6 nitrogen and oxygen atoms in total. The smallest absolute Gasteiger partial charge is 0.138 e. The lowest BCUT2D eigenvalue weighted by molar-refractivity contribution is 0.0269. The number of halogens is 1. The number of ether oxygens (including phenoxy) is 1. The predicted octanol–water partition coefficient (Wildman–Crippen LogP) is 1.41. The first-order valence-electron chi connectivity index (χ1n) is 7.81. The van der Waals surface area contributed by atoms with Gasteiger partial charge in [0.15, 0.2) is 0 Å². The minimum absolute atomic E-state index is 0.303. The zero-order chi connectivity index (χ0) is 16.1. The van der Waals surface area contributed by atoms with Gasteiger partial charge in [0.25, 0.3) is 0 Å². The molecule has 23 heavy (non-hydrogen) atoms. The highest BCUT2D eigenvalue weighted by atomic mass is 35.5. The molecule has 0 bridgehead atoms. The third-order valence-electron chi connectivity index (χ3n) is 3.94. The maximum absolute atomic E-state index is 10.0. The molecule has 0 aliphatic carbocycles. The van der Waals surface area contributed by atoms with Crippen LogP contribution in [0.25, 0.3) is 0 Å². The summed E-state index contributed by atoms with van der Waals surface area (Å²) < 4.78 is 7.47. The van der Waals surface area contributed by atoms with E-state index in [2.05, 4.69) is 15.4 Å². The number of aliphatic hydroxyl groups is 1. The molecule has 0 unspecified atom stereocenters. The summed E-state index contributed by atoms with van der Waals surface area (Å²) in [5, 5.41) is 18.3. The van der Waals surface area contributed by atoms with E-state index in [1.807, 2.05) is 28.9 Å². The summed E-state index contributed by atoms with van der Waals surface area (Å²) in [4.78, 5) is 4.21. The van der Waals surface area contributed by atoms with Crippen molar-refractivity contribution >= 4 is 11.6 Å². The van der Waals surface area contributed by atoms with Crippen molar-refractivity contribution in [2.45, 2.75) is 38.1 Å². The van der Waals surface area contributed by atoms with Crippen LogP contribution in [-0.4, -0.2) is 45.2 Å². The predicted molar refractivity (Wildman–Crippen MR) is 87.2 cm³/mol. The Morgan fingerprint density at radius 1 is 1.39 bits per heavy atom. The van der Waals surface area contributed by atoms with Crippen LogP contribution in [0, 0.1) is 0 Å². The average molecular weight is 337 g/mol. The maximum atomic E-state index is 10.0. The van der Waals surface area contributed by atoms with Gasteiger partial charge in [-0.25, -0.2) is 9.67 Å². The molecule has 1 aliphatic heterocycles. The minimum Gasteiger partial charge on any atom is -0.389 e. The van der Waals surface area contributed by atoms with E-state index in [1.165, 1.54) is 0 Å². The van der Waals surface area contributed by atoms with Crippen LogP contribution >= 0.6 is 11.6 Å². The van der Waals surface area contributed by atoms with Crippen molar-refractivity contribution < 1.29 is 9.84 Å². The Labute approximate surface area is 140 Å². The molecule has 7 heteroatoms. The first-order valence-corrected chi connectivity index (χ1v) is 8.19. The summed E-state index contributed by atoms with van der Waals surface area (Å²) >= 11 is 5.84. The quantitative estimate of drug-likeness (QED) is 0.800.